The van der Waals surface area contributed by atoms with Crippen molar-refractivity contribution in [2.75, 3.05) is 11.5 Å². The Morgan fingerprint density at radius 3 is 2.50 bits per heavy atom. The van der Waals surface area contributed by atoms with E-state index in [1.165, 1.54) is 0 Å². The zero-order valence-corrected chi connectivity index (χ0v) is 12.6. The third-order valence-electron chi connectivity index (χ3n) is 3.32. The van der Waals surface area contributed by atoms with Gasteiger partial charge in [0.25, 0.3) is 0 Å². The smallest absolute Gasteiger partial charge is 0.306 e. The van der Waals surface area contributed by atoms with Crippen LogP contribution in [0.25, 0.3) is 0 Å². The Bertz CT molecular complexity index is 410. The molecule has 98 valence electrons. The maximum absolute atomic E-state index is 11.7. The summed E-state index contributed by atoms with van der Waals surface area (Å²) in [5.41, 5.74) is 1.24. The predicted octanol–water partition coefficient (Wildman–Crippen LogP) is 3.34. The highest BCUT2D eigenvalue weighted by molar-refractivity contribution is 14.1. The average Bonchev–Trinajstić information content (AvgIpc) is 3.17. The van der Waals surface area contributed by atoms with E-state index in [1.54, 1.807) is 7.11 Å². The maximum Gasteiger partial charge on any atom is 0.306 e. The van der Waals surface area contributed by atoms with E-state index in [1.807, 2.05) is 24.3 Å². The standard InChI is InChI=1S/C14H17IO3/c1-17-12-4-2-11(3-5-12)9-18-13(16)8-14(10-15)6-7-14/h2-5H,6-10H2,1H3. The van der Waals surface area contributed by atoms with Gasteiger partial charge in [0.15, 0.2) is 0 Å². The molecule has 2 rings (SSSR count). The molecule has 0 amide bonds. The van der Waals surface area contributed by atoms with E-state index in [0.717, 1.165) is 28.6 Å². The lowest BCUT2D eigenvalue weighted by Crippen LogP contribution is -2.13. The van der Waals surface area contributed by atoms with Gasteiger partial charge in [-0.15, -0.1) is 0 Å². The van der Waals surface area contributed by atoms with Gasteiger partial charge in [0.1, 0.15) is 12.4 Å². The Hall–Kier alpha value is -0.780. The van der Waals surface area contributed by atoms with Crippen molar-refractivity contribution in [3.8, 4) is 5.75 Å². The summed E-state index contributed by atoms with van der Waals surface area (Å²) >= 11 is 2.35. The first-order valence-corrected chi connectivity index (χ1v) is 7.54. The van der Waals surface area contributed by atoms with Gasteiger partial charge in [0.2, 0.25) is 0 Å². The maximum atomic E-state index is 11.7. The molecule has 0 aliphatic heterocycles. The second kappa shape index (κ2) is 5.91. The van der Waals surface area contributed by atoms with Gasteiger partial charge in [0.05, 0.1) is 13.5 Å². The van der Waals surface area contributed by atoms with Crippen LogP contribution in [0, 0.1) is 5.41 Å². The van der Waals surface area contributed by atoms with Crippen LogP contribution in [0.5, 0.6) is 5.75 Å². The molecule has 0 unspecified atom stereocenters. The first-order valence-electron chi connectivity index (χ1n) is 6.02. The van der Waals surface area contributed by atoms with E-state index in [2.05, 4.69) is 22.6 Å². The Kier molecular flexibility index (Phi) is 4.48. The SMILES string of the molecule is COc1ccc(COC(=O)CC2(CI)CC2)cc1. The summed E-state index contributed by atoms with van der Waals surface area (Å²) in [7, 11) is 1.63. The summed E-state index contributed by atoms with van der Waals surface area (Å²) in [6.45, 7) is 0.347. The molecule has 0 atom stereocenters. The van der Waals surface area contributed by atoms with Crippen LogP contribution in [-0.2, 0) is 16.1 Å². The van der Waals surface area contributed by atoms with E-state index >= 15 is 0 Å². The fraction of sp³-hybridized carbons (Fsp3) is 0.500. The molecule has 18 heavy (non-hydrogen) atoms. The number of halogens is 1. The van der Waals surface area contributed by atoms with Crippen LogP contribution >= 0.6 is 22.6 Å². The Morgan fingerprint density at radius 2 is 2.00 bits per heavy atom. The molecule has 0 aromatic heterocycles. The van der Waals surface area contributed by atoms with Gasteiger partial charge in [-0.2, -0.15) is 0 Å². The van der Waals surface area contributed by atoms with Crippen LogP contribution in [-0.4, -0.2) is 17.5 Å². The lowest BCUT2D eigenvalue weighted by Gasteiger charge is -2.11. The van der Waals surface area contributed by atoms with Crippen molar-refractivity contribution < 1.29 is 14.3 Å². The van der Waals surface area contributed by atoms with Crippen LogP contribution < -0.4 is 4.74 Å². The number of methoxy groups -OCH3 is 1. The molecule has 4 heteroatoms. The molecule has 0 N–H and O–H groups in total. The second-order valence-corrected chi connectivity index (χ2v) is 5.58. The molecular weight excluding hydrogens is 343 g/mol. The van der Waals surface area contributed by atoms with Crippen molar-refractivity contribution in [3.05, 3.63) is 29.8 Å². The third-order valence-corrected chi connectivity index (χ3v) is 4.94. The van der Waals surface area contributed by atoms with Gasteiger partial charge in [-0.05, 0) is 36.0 Å². The minimum atomic E-state index is -0.0833. The quantitative estimate of drug-likeness (QED) is 0.444. The number of hydrogen-bond donors (Lipinski definition) is 0. The Morgan fingerprint density at radius 1 is 1.33 bits per heavy atom. The third kappa shape index (κ3) is 3.60. The predicted molar refractivity (Wildman–Crippen MR) is 78.0 cm³/mol. The van der Waals surface area contributed by atoms with E-state index in [9.17, 15) is 4.79 Å². The topological polar surface area (TPSA) is 35.5 Å². The normalized spacial score (nSPS) is 16.1. The van der Waals surface area contributed by atoms with Crippen molar-refractivity contribution in [1.29, 1.82) is 0 Å². The Labute approximate surface area is 121 Å². The lowest BCUT2D eigenvalue weighted by atomic mass is 10.1. The highest BCUT2D eigenvalue weighted by atomic mass is 127. The molecular formula is C14H17IO3. The largest absolute Gasteiger partial charge is 0.497 e. The highest BCUT2D eigenvalue weighted by Crippen LogP contribution is 2.50. The lowest BCUT2D eigenvalue weighted by molar-refractivity contribution is -0.146. The zero-order chi connectivity index (χ0) is 13.0. The van der Waals surface area contributed by atoms with Gasteiger partial charge in [-0.1, -0.05) is 34.7 Å². The fourth-order valence-corrected chi connectivity index (χ4v) is 2.81. The molecule has 1 aromatic rings. The zero-order valence-electron chi connectivity index (χ0n) is 10.4. The number of ether oxygens (including phenoxy) is 2. The fourth-order valence-electron chi connectivity index (χ4n) is 1.78. The van der Waals surface area contributed by atoms with Crippen molar-refractivity contribution in [3.63, 3.8) is 0 Å². The van der Waals surface area contributed by atoms with Crippen LogP contribution in [0.3, 0.4) is 0 Å². The van der Waals surface area contributed by atoms with Crippen molar-refractivity contribution in [2.45, 2.75) is 25.9 Å². The van der Waals surface area contributed by atoms with Gasteiger partial charge in [-0.25, -0.2) is 0 Å². The van der Waals surface area contributed by atoms with E-state index < -0.39 is 0 Å². The first kappa shape index (κ1) is 13.6. The van der Waals surface area contributed by atoms with Crippen molar-refractivity contribution >= 4 is 28.6 Å². The minimum Gasteiger partial charge on any atom is -0.497 e. The molecule has 3 nitrogen and oxygen atoms in total. The summed E-state index contributed by atoms with van der Waals surface area (Å²) in [4.78, 5) is 11.7. The van der Waals surface area contributed by atoms with Gasteiger partial charge >= 0.3 is 5.97 Å². The summed E-state index contributed by atoms with van der Waals surface area (Å²) in [5, 5.41) is 0. The van der Waals surface area contributed by atoms with Crippen LogP contribution in [0.1, 0.15) is 24.8 Å². The Balaban J connectivity index is 1.78. The number of benzene rings is 1. The molecule has 0 bridgehead atoms. The van der Waals surface area contributed by atoms with Crippen molar-refractivity contribution in [1.82, 2.24) is 0 Å². The molecule has 0 heterocycles. The monoisotopic (exact) mass is 360 g/mol. The van der Waals surface area contributed by atoms with Gasteiger partial charge < -0.3 is 9.47 Å². The van der Waals surface area contributed by atoms with Gasteiger partial charge in [-0.3, -0.25) is 4.79 Å². The number of alkyl halides is 1. The van der Waals surface area contributed by atoms with Crippen LogP contribution in [0.2, 0.25) is 0 Å². The number of hydrogen-bond acceptors (Lipinski definition) is 3. The number of carbonyl (C=O) groups is 1. The molecule has 1 aromatic carbocycles. The number of esters is 1. The van der Waals surface area contributed by atoms with E-state index in [4.69, 9.17) is 9.47 Å². The summed E-state index contributed by atoms with van der Waals surface area (Å²) in [6.07, 6.45) is 2.88. The number of carbonyl (C=O) groups excluding carboxylic acids is 1. The van der Waals surface area contributed by atoms with E-state index in [0.29, 0.717) is 13.0 Å². The molecule has 1 fully saturated rings. The molecule has 0 saturated heterocycles. The average molecular weight is 360 g/mol. The highest BCUT2D eigenvalue weighted by Gasteiger charge is 2.43. The second-order valence-electron chi connectivity index (χ2n) is 4.82. The first-order chi connectivity index (χ1) is 8.67. The summed E-state index contributed by atoms with van der Waals surface area (Å²) in [5.74, 6) is 0.729. The molecule has 1 saturated carbocycles. The van der Waals surface area contributed by atoms with Crippen LogP contribution in [0.4, 0.5) is 0 Å². The summed E-state index contributed by atoms with van der Waals surface area (Å²) in [6, 6.07) is 7.57. The molecule has 1 aliphatic rings. The molecule has 0 spiro atoms. The minimum absolute atomic E-state index is 0.0833. The van der Waals surface area contributed by atoms with Crippen LogP contribution in [0.15, 0.2) is 24.3 Å². The molecule has 1 aliphatic carbocycles. The molecule has 0 radical (unpaired) electrons. The van der Waals surface area contributed by atoms with Gasteiger partial charge in [0, 0.05) is 4.43 Å². The van der Waals surface area contributed by atoms with E-state index in [-0.39, 0.29) is 11.4 Å². The van der Waals surface area contributed by atoms with Crippen molar-refractivity contribution in [2.24, 2.45) is 5.41 Å². The number of rotatable bonds is 6. The summed E-state index contributed by atoms with van der Waals surface area (Å²) < 4.78 is 11.4.